The summed E-state index contributed by atoms with van der Waals surface area (Å²) < 4.78 is 6.86. The van der Waals surface area contributed by atoms with Gasteiger partial charge in [0, 0.05) is 18.5 Å². The van der Waals surface area contributed by atoms with Crippen LogP contribution in [-0.2, 0) is 11.3 Å². The van der Waals surface area contributed by atoms with Gasteiger partial charge in [-0.2, -0.15) is 0 Å². The molecule has 0 saturated carbocycles. The molecule has 0 spiro atoms. The van der Waals surface area contributed by atoms with Crippen LogP contribution < -0.4 is 20.9 Å². The molecule has 2 N–H and O–H groups in total. The molecular weight excluding hydrogens is 358 g/mol. The lowest BCUT2D eigenvalue weighted by molar-refractivity contribution is -0.116. The Kier molecular flexibility index (Phi) is 5.74. The van der Waals surface area contributed by atoms with Crippen LogP contribution in [-0.4, -0.2) is 30.0 Å². The average molecular weight is 379 g/mol. The van der Waals surface area contributed by atoms with Crippen LogP contribution in [0.15, 0.2) is 59.4 Å². The van der Waals surface area contributed by atoms with Gasteiger partial charge in [0.1, 0.15) is 12.3 Å². The third-order valence-corrected chi connectivity index (χ3v) is 4.25. The molecule has 3 aromatic rings. The summed E-state index contributed by atoms with van der Waals surface area (Å²) in [5.74, 6) is -0.159. The number of nitrogens with one attached hydrogen (secondary N) is 2. The van der Waals surface area contributed by atoms with Crippen molar-refractivity contribution in [1.82, 2.24) is 9.88 Å². The second-order valence-electron chi connectivity index (χ2n) is 6.06. The highest BCUT2D eigenvalue weighted by atomic mass is 16.5. The van der Waals surface area contributed by atoms with Gasteiger partial charge in [0.25, 0.3) is 11.5 Å². The molecule has 0 aliphatic carbocycles. The van der Waals surface area contributed by atoms with Crippen molar-refractivity contribution in [3.05, 3.63) is 70.5 Å². The average Bonchev–Trinajstić information content (AvgIpc) is 2.71. The number of nitrogens with zero attached hydrogens (tertiary/aromatic N) is 1. The number of fused-ring (bicyclic) bond motifs is 1. The van der Waals surface area contributed by atoms with E-state index in [2.05, 4.69) is 10.6 Å². The summed E-state index contributed by atoms with van der Waals surface area (Å²) in [7, 11) is 1.51. The van der Waals surface area contributed by atoms with Gasteiger partial charge in [-0.3, -0.25) is 19.0 Å². The second kappa shape index (κ2) is 8.39. The Morgan fingerprint density at radius 2 is 1.79 bits per heavy atom. The molecule has 28 heavy (non-hydrogen) atoms. The molecule has 7 heteroatoms. The van der Waals surface area contributed by atoms with Crippen molar-refractivity contribution in [3.8, 4) is 5.75 Å². The Bertz CT molecular complexity index is 1090. The lowest BCUT2D eigenvalue weighted by atomic mass is 10.1. The Morgan fingerprint density at radius 3 is 2.54 bits per heavy atom. The minimum atomic E-state index is -0.425. The van der Waals surface area contributed by atoms with Crippen molar-refractivity contribution in [3.63, 3.8) is 0 Å². The fourth-order valence-corrected chi connectivity index (χ4v) is 3.00. The molecule has 1 aromatic heterocycles. The van der Waals surface area contributed by atoms with Gasteiger partial charge in [-0.25, -0.2) is 0 Å². The minimum Gasteiger partial charge on any atom is -0.492 e. The van der Waals surface area contributed by atoms with Crippen LogP contribution in [0, 0.1) is 0 Å². The number of rotatable bonds is 6. The summed E-state index contributed by atoms with van der Waals surface area (Å²) >= 11 is 0. The van der Waals surface area contributed by atoms with Crippen LogP contribution in [0.3, 0.4) is 0 Å². The van der Waals surface area contributed by atoms with E-state index in [-0.39, 0.29) is 23.9 Å². The predicted molar refractivity (Wildman–Crippen MR) is 108 cm³/mol. The van der Waals surface area contributed by atoms with Crippen molar-refractivity contribution in [2.75, 3.05) is 19.0 Å². The first kappa shape index (κ1) is 19.2. The van der Waals surface area contributed by atoms with Gasteiger partial charge in [0.2, 0.25) is 5.91 Å². The predicted octanol–water partition coefficient (Wildman–Crippen LogP) is 2.40. The largest absolute Gasteiger partial charge is 0.492 e. The first-order valence-electron chi connectivity index (χ1n) is 8.91. The molecule has 0 unspecified atom stereocenters. The molecular formula is C21H21N3O4. The number of aromatic nitrogens is 1. The smallest absolute Gasteiger partial charge is 0.252 e. The van der Waals surface area contributed by atoms with Crippen molar-refractivity contribution in [2.24, 2.45) is 0 Å². The first-order chi connectivity index (χ1) is 13.5. The topological polar surface area (TPSA) is 89.4 Å². The van der Waals surface area contributed by atoms with Gasteiger partial charge >= 0.3 is 0 Å². The standard InChI is InChI=1S/C21H21N3O4/c1-3-28-18-11-7-5-9-16(18)23-19(25)13-24-17-10-6-4-8-14(17)15(12-20(24)26)21(27)22-2/h4-12H,3,13H2,1-2H3,(H,22,27)(H,23,25). The Hall–Kier alpha value is -3.61. The molecule has 144 valence electrons. The minimum absolute atomic E-state index is 0.187. The molecule has 0 bridgehead atoms. The summed E-state index contributed by atoms with van der Waals surface area (Å²) in [6.07, 6.45) is 0. The summed E-state index contributed by atoms with van der Waals surface area (Å²) in [4.78, 5) is 37.3. The van der Waals surface area contributed by atoms with Gasteiger partial charge in [-0.05, 0) is 25.1 Å². The van der Waals surface area contributed by atoms with E-state index in [4.69, 9.17) is 4.74 Å². The zero-order chi connectivity index (χ0) is 20.1. The highest BCUT2D eigenvalue weighted by Crippen LogP contribution is 2.24. The van der Waals surface area contributed by atoms with Crippen molar-refractivity contribution in [1.29, 1.82) is 0 Å². The number of carbonyl (C=O) groups is 2. The molecule has 0 fully saturated rings. The zero-order valence-electron chi connectivity index (χ0n) is 15.7. The number of amides is 2. The summed E-state index contributed by atoms with van der Waals surface area (Å²) in [6.45, 7) is 2.14. The van der Waals surface area contributed by atoms with E-state index in [1.165, 1.54) is 17.7 Å². The molecule has 0 saturated heterocycles. The third-order valence-electron chi connectivity index (χ3n) is 4.25. The number of pyridine rings is 1. The third kappa shape index (κ3) is 3.88. The maximum Gasteiger partial charge on any atom is 0.252 e. The number of anilines is 1. The summed E-state index contributed by atoms with van der Waals surface area (Å²) in [5.41, 5.74) is 0.905. The number of ether oxygens (including phenoxy) is 1. The monoisotopic (exact) mass is 379 g/mol. The van der Waals surface area contributed by atoms with E-state index in [1.54, 1.807) is 42.5 Å². The van der Waals surface area contributed by atoms with E-state index in [9.17, 15) is 14.4 Å². The molecule has 0 atom stereocenters. The van der Waals surface area contributed by atoms with Gasteiger partial charge in [0.15, 0.2) is 0 Å². The Labute approximate surface area is 161 Å². The van der Waals surface area contributed by atoms with Crippen molar-refractivity contribution < 1.29 is 14.3 Å². The van der Waals surface area contributed by atoms with Gasteiger partial charge in [0.05, 0.1) is 23.4 Å². The van der Waals surface area contributed by atoms with Crippen LogP contribution in [0.1, 0.15) is 17.3 Å². The molecule has 0 radical (unpaired) electrons. The van der Waals surface area contributed by atoms with Gasteiger partial charge in [-0.15, -0.1) is 0 Å². The number of hydrogen-bond donors (Lipinski definition) is 2. The number of para-hydroxylation sites is 3. The van der Waals surface area contributed by atoms with Crippen LogP contribution in [0.5, 0.6) is 5.75 Å². The molecule has 1 heterocycles. The Morgan fingerprint density at radius 1 is 1.07 bits per heavy atom. The van der Waals surface area contributed by atoms with Crippen LogP contribution in [0.25, 0.3) is 10.9 Å². The van der Waals surface area contributed by atoms with E-state index in [1.807, 2.05) is 13.0 Å². The van der Waals surface area contributed by atoms with Gasteiger partial charge < -0.3 is 15.4 Å². The summed E-state index contributed by atoms with van der Waals surface area (Å²) in [6, 6.07) is 15.4. The number of carbonyl (C=O) groups excluding carboxylic acids is 2. The SMILES string of the molecule is CCOc1ccccc1NC(=O)Cn1c(=O)cc(C(=O)NC)c2ccccc21. The lowest BCUT2D eigenvalue weighted by Crippen LogP contribution is -2.30. The Balaban J connectivity index is 1.95. The maximum absolute atomic E-state index is 12.6. The van der Waals surface area contributed by atoms with Crippen LogP contribution in [0.2, 0.25) is 0 Å². The quantitative estimate of drug-likeness (QED) is 0.688. The summed E-state index contributed by atoms with van der Waals surface area (Å²) in [5, 5.41) is 5.91. The van der Waals surface area contributed by atoms with Gasteiger partial charge in [-0.1, -0.05) is 30.3 Å². The van der Waals surface area contributed by atoms with Crippen molar-refractivity contribution >= 4 is 28.4 Å². The highest BCUT2D eigenvalue weighted by molar-refractivity contribution is 6.06. The fourth-order valence-electron chi connectivity index (χ4n) is 3.00. The van der Waals surface area contributed by atoms with Crippen molar-refractivity contribution in [2.45, 2.75) is 13.5 Å². The lowest BCUT2D eigenvalue weighted by Gasteiger charge is -2.14. The normalized spacial score (nSPS) is 10.5. The molecule has 3 rings (SSSR count). The first-order valence-corrected chi connectivity index (χ1v) is 8.91. The molecule has 2 aromatic carbocycles. The molecule has 0 aliphatic heterocycles. The van der Waals surface area contributed by atoms with E-state index < -0.39 is 5.56 Å². The molecule has 2 amide bonds. The van der Waals surface area contributed by atoms with E-state index in [0.717, 1.165) is 0 Å². The molecule has 0 aliphatic rings. The molecule has 7 nitrogen and oxygen atoms in total. The second-order valence-corrected chi connectivity index (χ2v) is 6.06. The maximum atomic E-state index is 12.6. The highest BCUT2D eigenvalue weighted by Gasteiger charge is 2.16. The van der Waals surface area contributed by atoms with Crippen LogP contribution >= 0.6 is 0 Å². The van der Waals surface area contributed by atoms with E-state index >= 15 is 0 Å². The fraction of sp³-hybridized carbons (Fsp3) is 0.190. The number of benzene rings is 2. The number of hydrogen-bond acceptors (Lipinski definition) is 4. The van der Waals surface area contributed by atoms with E-state index in [0.29, 0.717) is 28.9 Å². The zero-order valence-corrected chi connectivity index (χ0v) is 15.7. The van der Waals surface area contributed by atoms with Crippen LogP contribution in [0.4, 0.5) is 5.69 Å².